The van der Waals surface area contributed by atoms with Crippen molar-refractivity contribution in [3.63, 3.8) is 0 Å². The van der Waals surface area contributed by atoms with Crippen LogP contribution in [-0.4, -0.2) is 26.2 Å². The van der Waals surface area contributed by atoms with Crippen molar-refractivity contribution in [3.05, 3.63) is 17.5 Å². The van der Waals surface area contributed by atoms with Crippen LogP contribution in [0.15, 0.2) is 6.20 Å². The van der Waals surface area contributed by atoms with E-state index in [1.165, 1.54) is 0 Å². The fourth-order valence-electron chi connectivity index (χ4n) is 2.52. The van der Waals surface area contributed by atoms with Gasteiger partial charge in [0.25, 0.3) is 5.91 Å². The Labute approximate surface area is 112 Å². The fraction of sp³-hybridized carbons (Fsp3) is 0.583. The van der Waals surface area contributed by atoms with Gasteiger partial charge in [-0.25, -0.2) is 0 Å². The van der Waals surface area contributed by atoms with Crippen LogP contribution in [0, 0.1) is 6.92 Å². The molecule has 0 unspecified atom stereocenters. The minimum atomic E-state index is -0.505. The van der Waals surface area contributed by atoms with Gasteiger partial charge in [0.1, 0.15) is 0 Å². The van der Waals surface area contributed by atoms with Gasteiger partial charge in [-0.1, -0.05) is 25.1 Å². The van der Waals surface area contributed by atoms with Crippen molar-refractivity contribution in [3.8, 4) is 0 Å². The van der Waals surface area contributed by atoms with E-state index in [1.54, 1.807) is 17.9 Å². The minimum absolute atomic E-state index is 0.143. The Morgan fingerprint density at radius 2 is 2.17 bits per heavy atom. The lowest BCUT2D eigenvalue weighted by molar-refractivity contribution is 0.0924. The highest BCUT2D eigenvalue weighted by atomic mass is 32.1. The van der Waals surface area contributed by atoms with E-state index in [4.69, 9.17) is 18.0 Å². The van der Waals surface area contributed by atoms with E-state index in [9.17, 15) is 4.79 Å². The highest BCUT2D eigenvalue weighted by Crippen LogP contribution is 2.30. The van der Waals surface area contributed by atoms with Crippen LogP contribution >= 0.6 is 12.2 Å². The molecule has 0 saturated heterocycles. The van der Waals surface area contributed by atoms with Gasteiger partial charge in [0.05, 0.1) is 21.8 Å². The lowest BCUT2D eigenvalue weighted by Gasteiger charge is -2.28. The molecule has 3 N–H and O–H groups in total. The number of thiocarbonyl (C=S) groups is 1. The molecule has 1 aromatic rings. The lowest BCUT2D eigenvalue weighted by Crippen LogP contribution is -2.54. The molecule has 0 radical (unpaired) electrons. The van der Waals surface area contributed by atoms with Crippen molar-refractivity contribution in [1.82, 2.24) is 15.1 Å². The van der Waals surface area contributed by atoms with Crippen LogP contribution in [-0.2, 0) is 7.05 Å². The second kappa shape index (κ2) is 4.68. The number of aryl methyl sites for hydroxylation is 2. The number of aromatic nitrogens is 2. The molecule has 1 aromatic heterocycles. The molecule has 1 amide bonds. The van der Waals surface area contributed by atoms with Crippen molar-refractivity contribution < 1.29 is 4.79 Å². The number of nitrogens with one attached hydrogen (secondary N) is 1. The van der Waals surface area contributed by atoms with Crippen molar-refractivity contribution in [2.45, 2.75) is 38.1 Å². The first kappa shape index (κ1) is 13.0. The predicted octanol–water partition coefficient (Wildman–Crippen LogP) is 1.06. The first-order valence-corrected chi connectivity index (χ1v) is 6.48. The van der Waals surface area contributed by atoms with Gasteiger partial charge >= 0.3 is 0 Å². The summed E-state index contributed by atoms with van der Waals surface area (Å²) in [4.78, 5) is 12.6. The van der Waals surface area contributed by atoms with Crippen LogP contribution in [0.2, 0.25) is 0 Å². The normalized spacial score (nSPS) is 17.7. The molecule has 2 rings (SSSR count). The van der Waals surface area contributed by atoms with Crippen molar-refractivity contribution in [2.75, 3.05) is 0 Å². The van der Waals surface area contributed by atoms with E-state index in [1.807, 2.05) is 6.92 Å². The van der Waals surface area contributed by atoms with Gasteiger partial charge in [0.2, 0.25) is 0 Å². The van der Waals surface area contributed by atoms with Gasteiger partial charge in [-0.05, 0) is 19.8 Å². The molecule has 98 valence electrons. The van der Waals surface area contributed by atoms with Crippen LogP contribution in [0.1, 0.15) is 41.7 Å². The van der Waals surface area contributed by atoms with E-state index in [2.05, 4.69) is 10.4 Å². The molecule has 0 spiro atoms. The molecule has 0 bridgehead atoms. The first-order chi connectivity index (χ1) is 8.44. The summed E-state index contributed by atoms with van der Waals surface area (Å²) in [7, 11) is 1.79. The second-order valence-corrected chi connectivity index (χ2v) is 5.35. The summed E-state index contributed by atoms with van der Waals surface area (Å²) in [5.74, 6) is -0.143. The summed E-state index contributed by atoms with van der Waals surface area (Å²) < 4.78 is 1.63. The third kappa shape index (κ3) is 2.25. The summed E-state index contributed by atoms with van der Waals surface area (Å²) in [5.41, 5.74) is 6.59. The van der Waals surface area contributed by atoms with E-state index in [0.29, 0.717) is 16.2 Å². The minimum Gasteiger partial charge on any atom is -0.391 e. The van der Waals surface area contributed by atoms with Crippen molar-refractivity contribution >= 4 is 23.1 Å². The standard InChI is InChI=1S/C12H18N4OS/c1-8-9(7-16(2)15-8)10(17)14-12(11(13)18)5-3-4-6-12/h7H,3-6H2,1-2H3,(H2,13,18)(H,14,17). The molecule has 0 aliphatic heterocycles. The number of carbonyl (C=O) groups is 1. The lowest BCUT2D eigenvalue weighted by atomic mass is 9.97. The van der Waals surface area contributed by atoms with E-state index >= 15 is 0 Å². The Morgan fingerprint density at radius 1 is 1.56 bits per heavy atom. The molecule has 18 heavy (non-hydrogen) atoms. The monoisotopic (exact) mass is 266 g/mol. The predicted molar refractivity (Wildman–Crippen MR) is 73.4 cm³/mol. The average molecular weight is 266 g/mol. The van der Waals surface area contributed by atoms with Gasteiger partial charge < -0.3 is 11.1 Å². The molecule has 5 nitrogen and oxygen atoms in total. The number of nitrogens with zero attached hydrogens (tertiary/aromatic N) is 2. The van der Waals surface area contributed by atoms with Crippen LogP contribution < -0.4 is 11.1 Å². The Bertz CT molecular complexity index is 488. The smallest absolute Gasteiger partial charge is 0.255 e. The molecule has 1 aliphatic carbocycles. The van der Waals surface area contributed by atoms with Gasteiger partial charge in [-0.3, -0.25) is 9.48 Å². The van der Waals surface area contributed by atoms with Crippen LogP contribution in [0.5, 0.6) is 0 Å². The highest BCUT2D eigenvalue weighted by Gasteiger charge is 2.38. The first-order valence-electron chi connectivity index (χ1n) is 6.07. The van der Waals surface area contributed by atoms with Gasteiger partial charge in [-0.2, -0.15) is 5.10 Å². The van der Waals surface area contributed by atoms with Gasteiger partial charge in [-0.15, -0.1) is 0 Å². The average Bonchev–Trinajstić information content (AvgIpc) is 2.86. The third-order valence-electron chi connectivity index (χ3n) is 3.54. The molecule has 0 atom stereocenters. The SMILES string of the molecule is Cc1nn(C)cc1C(=O)NC1(C(N)=S)CCCC1. The second-order valence-electron chi connectivity index (χ2n) is 4.91. The molecular formula is C12H18N4OS. The molecule has 1 heterocycles. The van der Waals surface area contributed by atoms with Crippen molar-refractivity contribution in [1.29, 1.82) is 0 Å². The van der Waals surface area contributed by atoms with E-state index in [0.717, 1.165) is 25.7 Å². The van der Waals surface area contributed by atoms with Crippen LogP contribution in [0.4, 0.5) is 0 Å². The molecule has 1 aliphatic rings. The maximum atomic E-state index is 12.3. The summed E-state index contributed by atoms with van der Waals surface area (Å²) in [6.45, 7) is 1.82. The topological polar surface area (TPSA) is 72.9 Å². The number of nitrogens with two attached hydrogens (primary N) is 1. The largest absolute Gasteiger partial charge is 0.391 e. The molecule has 1 fully saturated rings. The summed E-state index contributed by atoms with van der Waals surface area (Å²) >= 11 is 5.12. The van der Waals surface area contributed by atoms with E-state index in [-0.39, 0.29) is 5.91 Å². The summed E-state index contributed by atoms with van der Waals surface area (Å²) in [6.07, 6.45) is 5.46. The maximum Gasteiger partial charge on any atom is 0.255 e. The zero-order chi connectivity index (χ0) is 13.3. The molecule has 6 heteroatoms. The number of carbonyl (C=O) groups excluding carboxylic acids is 1. The Hall–Kier alpha value is -1.43. The van der Waals surface area contributed by atoms with E-state index < -0.39 is 5.54 Å². The summed E-state index contributed by atoms with van der Waals surface area (Å²) in [5, 5.41) is 7.17. The van der Waals surface area contributed by atoms with Gasteiger partial charge in [0.15, 0.2) is 0 Å². The van der Waals surface area contributed by atoms with Crippen LogP contribution in [0.25, 0.3) is 0 Å². The number of rotatable bonds is 3. The zero-order valence-electron chi connectivity index (χ0n) is 10.7. The van der Waals surface area contributed by atoms with Crippen LogP contribution in [0.3, 0.4) is 0 Å². The molecular weight excluding hydrogens is 248 g/mol. The van der Waals surface area contributed by atoms with Crippen molar-refractivity contribution in [2.24, 2.45) is 12.8 Å². The quantitative estimate of drug-likeness (QED) is 0.802. The molecule has 1 saturated carbocycles. The number of hydrogen-bond donors (Lipinski definition) is 2. The van der Waals surface area contributed by atoms with Gasteiger partial charge in [0, 0.05) is 13.2 Å². The Morgan fingerprint density at radius 3 is 2.61 bits per heavy atom. The summed E-state index contributed by atoms with van der Waals surface area (Å²) in [6, 6.07) is 0. The number of hydrogen-bond acceptors (Lipinski definition) is 3. The Balaban J connectivity index is 2.20. The zero-order valence-corrected chi connectivity index (χ0v) is 11.5. The Kier molecular flexibility index (Phi) is 3.38. The fourth-order valence-corrected chi connectivity index (χ4v) is 2.77. The third-order valence-corrected chi connectivity index (χ3v) is 3.93. The highest BCUT2D eigenvalue weighted by molar-refractivity contribution is 7.80. The maximum absolute atomic E-state index is 12.3. The molecule has 0 aromatic carbocycles. The number of amides is 1.